The van der Waals surface area contributed by atoms with Crippen molar-refractivity contribution in [2.24, 2.45) is 0 Å². The van der Waals surface area contributed by atoms with Crippen LogP contribution in [0.15, 0.2) is 188 Å². The fraction of sp³-hybridized carbons (Fsp3) is 0. The Balaban J connectivity index is 1.55. The van der Waals surface area contributed by atoms with Crippen molar-refractivity contribution in [1.29, 1.82) is 0 Å². The molecule has 0 spiro atoms. The molecule has 0 aliphatic rings. The second-order valence-electron chi connectivity index (χ2n) is 11.5. The molecule has 1 aromatic heterocycles. The first kappa shape index (κ1) is 29.8. The van der Waals surface area contributed by atoms with Gasteiger partial charge in [-0.05, 0) is 75.4 Å². The number of rotatable bonds is 8. The van der Waals surface area contributed by atoms with E-state index in [-0.39, 0.29) is 0 Å². The molecule has 7 aromatic rings. The molecule has 0 saturated heterocycles. The lowest BCUT2D eigenvalue weighted by atomic mass is 10.00. The molecule has 1 nitrogen and oxygen atoms in total. The van der Waals surface area contributed by atoms with Crippen LogP contribution in [0, 0.1) is 0 Å². The first-order chi connectivity index (χ1) is 22.6. The molecule has 1 heterocycles. The van der Waals surface area contributed by atoms with Crippen LogP contribution in [0.25, 0.3) is 22.3 Å². The average Bonchev–Trinajstić information content (AvgIpc) is 3.16. The smallest absolute Gasteiger partial charge is 0.0719 e. The summed E-state index contributed by atoms with van der Waals surface area (Å²) in [7, 11) is 0. The minimum atomic E-state index is -2.39. The zero-order valence-electron chi connectivity index (χ0n) is 25.7. The minimum absolute atomic E-state index is 1.00. The van der Waals surface area contributed by atoms with Gasteiger partial charge in [-0.15, -0.1) is 0 Å². The summed E-state index contributed by atoms with van der Waals surface area (Å²) in [6.07, 6.45) is 10.2. The van der Waals surface area contributed by atoms with Gasteiger partial charge in [0.1, 0.15) is 0 Å². The summed E-state index contributed by atoms with van der Waals surface area (Å²) in [5.41, 5.74) is 6.65. The molecule has 0 N–H and O–H groups in total. The Kier molecular flexibility index (Phi) is 8.30. The van der Waals surface area contributed by atoms with Crippen LogP contribution in [-0.4, -0.2) is 17.6 Å². The Hall–Kier alpha value is -4.93. The molecule has 0 fully saturated rings. The first-order valence-corrected chi connectivity index (χ1v) is 19.4. The fourth-order valence-corrected chi connectivity index (χ4v) is 11.9. The molecular formula is C43H35NP2. The lowest BCUT2D eigenvalue weighted by Crippen LogP contribution is -2.34. The van der Waals surface area contributed by atoms with Crippen molar-refractivity contribution in [3.63, 3.8) is 0 Å². The van der Waals surface area contributed by atoms with Gasteiger partial charge < -0.3 is 0 Å². The van der Waals surface area contributed by atoms with E-state index >= 15 is 0 Å². The monoisotopic (exact) mass is 627 g/mol. The molecule has 0 saturated carbocycles. The van der Waals surface area contributed by atoms with E-state index in [0.29, 0.717) is 0 Å². The van der Waals surface area contributed by atoms with E-state index in [1.54, 1.807) is 0 Å². The molecule has 0 aliphatic heterocycles. The molecule has 0 amide bonds. The molecule has 0 atom stereocenters. The predicted molar refractivity (Wildman–Crippen MR) is 207 cm³/mol. The number of hydrogen-bond donors (Lipinski definition) is 0. The molecule has 0 aliphatic carbocycles. The average molecular weight is 628 g/mol. The van der Waals surface area contributed by atoms with E-state index in [0.717, 1.165) is 22.0 Å². The van der Waals surface area contributed by atoms with Crippen LogP contribution in [0.1, 0.15) is 0 Å². The zero-order chi connectivity index (χ0) is 31.4. The highest BCUT2D eigenvalue weighted by Gasteiger charge is 2.29. The number of pyridine rings is 1. The number of nitrogens with zero attached hydrogens (tertiary/aromatic N) is 1. The molecule has 7 rings (SSSR count). The number of benzene rings is 6. The van der Waals surface area contributed by atoms with Gasteiger partial charge in [0.2, 0.25) is 0 Å². The van der Waals surface area contributed by atoms with Crippen LogP contribution < -0.4 is 32.1 Å². The number of aromatic nitrogens is 1. The van der Waals surface area contributed by atoms with Gasteiger partial charge in [-0.1, -0.05) is 182 Å². The van der Waals surface area contributed by atoms with Crippen molar-refractivity contribution in [2.45, 2.75) is 0 Å². The highest BCUT2D eigenvalue weighted by molar-refractivity contribution is 7.94. The van der Waals surface area contributed by atoms with Crippen LogP contribution in [0.5, 0.6) is 0 Å². The third kappa shape index (κ3) is 5.54. The summed E-state index contributed by atoms with van der Waals surface area (Å²) in [6.45, 7) is -4.79. The van der Waals surface area contributed by atoms with Crippen molar-refractivity contribution in [1.82, 2.24) is 4.98 Å². The van der Waals surface area contributed by atoms with E-state index in [1.807, 2.05) is 0 Å². The summed E-state index contributed by atoms with van der Waals surface area (Å²) in [6, 6.07) is 66.8. The molecule has 0 unspecified atom stereocenters. The van der Waals surface area contributed by atoms with Gasteiger partial charge in [-0.25, -0.2) is 4.98 Å². The lowest BCUT2D eigenvalue weighted by molar-refractivity contribution is 1.45. The maximum atomic E-state index is 5.66. The van der Waals surface area contributed by atoms with E-state index < -0.39 is 13.8 Å². The van der Waals surface area contributed by atoms with Gasteiger partial charge >= 0.3 is 0 Å². The molecule has 6 aromatic carbocycles. The predicted octanol–water partition coefficient (Wildman–Crippen LogP) is 7.87. The molecule has 0 radical (unpaired) electrons. The normalized spacial score (nSPS) is 11.7. The second kappa shape index (κ2) is 12.8. The third-order valence-corrected chi connectivity index (χ3v) is 15.4. The zero-order valence-corrected chi connectivity index (χ0v) is 27.4. The topological polar surface area (TPSA) is 12.9 Å². The minimum Gasteiger partial charge on any atom is -0.247 e. The summed E-state index contributed by atoms with van der Waals surface area (Å²) >= 11 is 0. The van der Waals surface area contributed by atoms with Crippen LogP contribution >= 0.6 is 13.8 Å². The van der Waals surface area contributed by atoms with Crippen molar-refractivity contribution in [3.05, 3.63) is 188 Å². The maximum Gasteiger partial charge on any atom is 0.0719 e. The molecule has 222 valence electrons. The molecular weight excluding hydrogens is 592 g/mol. The number of hydrogen-bond acceptors (Lipinski definition) is 1. The van der Waals surface area contributed by atoms with Crippen molar-refractivity contribution in [2.75, 3.05) is 0 Å². The Labute approximate surface area is 272 Å². The summed E-state index contributed by atoms with van der Waals surface area (Å²) in [5.74, 6) is 0. The van der Waals surface area contributed by atoms with Crippen LogP contribution in [-0.2, 0) is 0 Å². The summed E-state index contributed by atoms with van der Waals surface area (Å²) < 4.78 is 0. The van der Waals surface area contributed by atoms with Crippen molar-refractivity contribution < 1.29 is 0 Å². The van der Waals surface area contributed by atoms with Gasteiger partial charge in [-0.2, -0.15) is 0 Å². The first-order valence-electron chi connectivity index (χ1n) is 15.5. The third-order valence-electron chi connectivity index (χ3n) is 8.67. The van der Waals surface area contributed by atoms with Crippen molar-refractivity contribution >= 4 is 58.5 Å². The van der Waals surface area contributed by atoms with Crippen LogP contribution in [0.3, 0.4) is 0 Å². The summed E-state index contributed by atoms with van der Waals surface area (Å²) in [5, 5.41) is 4.79. The standard InChI is InChI=1S/C43H35NP2/c1-45(38-23-10-4-11-24-38,39-25-12-5-13-26-39)42-32-37(36-22-18-21-35(31-36)34-19-8-3-9-20-34)33-43(44-42)46(2,40-27-14-6-15-28-40)41-29-16-7-17-30-41/h3-33H,1-2H2. The highest BCUT2D eigenvalue weighted by Crippen LogP contribution is 2.45. The Morgan fingerprint density at radius 3 is 0.978 bits per heavy atom. The maximum absolute atomic E-state index is 5.66. The van der Waals surface area contributed by atoms with Crippen LogP contribution in [0.4, 0.5) is 0 Å². The van der Waals surface area contributed by atoms with E-state index in [4.69, 9.17) is 17.6 Å². The quantitative estimate of drug-likeness (QED) is 0.156. The lowest BCUT2D eigenvalue weighted by Gasteiger charge is -2.30. The fourth-order valence-electron chi connectivity index (χ4n) is 6.13. The second-order valence-corrected chi connectivity index (χ2v) is 17.7. The van der Waals surface area contributed by atoms with Crippen LogP contribution in [0.2, 0.25) is 0 Å². The van der Waals surface area contributed by atoms with Crippen molar-refractivity contribution in [3.8, 4) is 22.3 Å². The Morgan fingerprint density at radius 1 is 0.304 bits per heavy atom. The Bertz CT molecular complexity index is 1970. The van der Waals surface area contributed by atoms with Gasteiger partial charge in [0.05, 0.1) is 10.9 Å². The van der Waals surface area contributed by atoms with Gasteiger partial charge in [0.15, 0.2) is 0 Å². The molecule has 46 heavy (non-hydrogen) atoms. The van der Waals surface area contributed by atoms with E-state index in [2.05, 4.69) is 188 Å². The van der Waals surface area contributed by atoms with E-state index in [1.165, 1.54) is 32.3 Å². The molecule has 3 heteroatoms. The SMILES string of the molecule is C=P(c1ccccc1)(c1ccccc1)c1cc(-c2cccc(-c3ccccc3)c2)cc(P(=C)(c2ccccc2)c2ccccc2)n1. The largest absolute Gasteiger partial charge is 0.247 e. The van der Waals surface area contributed by atoms with Gasteiger partial charge in [0, 0.05) is 0 Å². The summed E-state index contributed by atoms with van der Waals surface area (Å²) in [4.78, 5) is 5.66. The Morgan fingerprint density at radius 2 is 0.609 bits per heavy atom. The van der Waals surface area contributed by atoms with E-state index in [9.17, 15) is 0 Å². The van der Waals surface area contributed by atoms with Gasteiger partial charge in [-0.3, -0.25) is 0 Å². The van der Waals surface area contributed by atoms with Gasteiger partial charge in [0.25, 0.3) is 0 Å². The molecule has 0 bridgehead atoms. The highest BCUT2D eigenvalue weighted by atomic mass is 31.2.